The van der Waals surface area contributed by atoms with E-state index in [2.05, 4.69) is 10.2 Å². The number of aromatic carboxylic acids is 1. The van der Waals surface area contributed by atoms with Crippen molar-refractivity contribution < 1.29 is 9.90 Å². The molecule has 2 aliphatic rings. The van der Waals surface area contributed by atoms with Gasteiger partial charge in [0.2, 0.25) is 5.43 Å². The molecule has 4 rings (SSSR count). The summed E-state index contributed by atoms with van der Waals surface area (Å²) in [6.07, 6.45) is 5.44. The van der Waals surface area contributed by atoms with Crippen molar-refractivity contribution in [1.29, 1.82) is 0 Å². The average Bonchev–Trinajstić information content (AvgIpc) is 2.60. The molecule has 1 atom stereocenters. The summed E-state index contributed by atoms with van der Waals surface area (Å²) >= 11 is 6.55. The monoisotopic (exact) mass is 359 g/mol. The fourth-order valence-corrected chi connectivity index (χ4v) is 4.01. The Morgan fingerprint density at radius 3 is 2.76 bits per heavy atom. The first-order valence-corrected chi connectivity index (χ1v) is 8.65. The van der Waals surface area contributed by atoms with E-state index in [9.17, 15) is 14.7 Å². The van der Waals surface area contributed by atoms with Gasteiger partial charge in [0.1, 0.15) is 5.56 Å². The number of carbonyl (C=O) groups is 1. The molecule has 130 valence electrons. The zero-order valence-corrected chi connectivity index (χ0v) is 14.5. The van der Waals surface area contributed by atoms with E-state index in [4.69, 9.17) is 11.6 Å². The Labute approximate surface area is 149 Å². The molecular weight excluding hydrogens is 342 g/mol. The summed E-state index contributed by atoms with van der Waals surface area (Å²) in [6, 6.07) is 1.58. The molecule has 7 heteroatoms. The molecule has 1 aromatic carbocycles. The van der Waals surface area contributed by atoms with Crippen molar-refractivity contribution in [2.75, 3.05) is 31.1 Å². The summed E-state index contributed by atoms with van der Waals surface area (Å²) in [5.41, 5.74) is 1.83. The number of nitrogens with zero attached hydrogens (tertiary/aromatic N) is 2. The maximum atomic E-state index is 12.7. The number of nitrogens with one attached hydrogen (secondary N) is 1. The summed E-state index contributed by atoms with van der Waals surface area (Å²) in [6.45, 7) is 5.38. The molecule has 0 bridgehead atoms. The van der Waals surface area contributed by atoms with Crippen molar-refractivity contribution in [3.8, 4) is 0 Å². The molecule has 1 saturated heterocycles. The lowest BCUT2D eigenvalue weighted by molar-refractivity contribution is 0.0695. The first-order chi connectivity index (χ1) is 12.0. The van der Waals surface area contributed by atoms with Crippen LogP contribution in [-0.2, 0) is 0 Å². The van der Waals surface area contributed by atoms with E-state index in [-0.39, 0.29) is 11.6 Å². The highest BCUT2D eigenvalue weighted by Gasteiger charge is 2.26. The minimum Gasteiger partial charge on any atom is -0.477 e. The molecule has 0 spiro atoms. The molecule has 0 radical (unpaired) electrons. The minimum absolute atomic E-state index is 0.0363. The number of carboxylic acid groups (broad SMARTS) is 1. The molecule has 2 aromatic rings. The first-order valence-electron chi connectivity index (χ1n) is 8.27. The second-order valence-electron chi connectivity index (χ2n) is 6.44. The number of aromatic nitrogens is 1. The molecule has 6 nitrogen and oxygen atoms in total. The fourth-order valence-electron chi connectivity index (χ4n) is 3.68. The van der Waals surface area contributed by atoms with E-state index >= 15 is 0 Å². The number of rotatable bonds is 2. The molecule has 1 aromatic heterocycles. The molecule has 0 saturated carbocycles. The Balaban J connectivity index is 2.08. The van der Waals surface area contributed by atoms with Gasteiger partial charge in [-0.2, -0.15) is 0 Å². The van der Waals surface area contributed by atoms with Crippen LogP contribution in [0.25, 0.3) is 17.0 Å². The van der Waals surface area contributed by atoms with Crippen molar-refractivity contribution >= 4 is 40.2 Å². The van der Waals surface area contributed by atoms with E-state index in [0.29, 0.717) is 10.4 Å². The van der Waals surface area contributed by atoms with Gasteiger partial charge in [-0.15, -0.1) is 0 Å². The largest absolute Gasteiger partial charge is 0.477 e. The average molecular weight is 360 g/mol. The lowest BCUT2D eigenvalue weighted by Crippen LogP contribution is -2.44. The third-order valence-electron chi connectivity index (χ3n) is 4.92. The number of hydrogen-bond acceptors (Lipinski definition) is 4. The number of pyridine rings is 1. The molecule has 0 aliphatic carbocycles. The predicted molar refractivity (Wildman–Crippen MR) is 99.0 cm³/mol. The minimum atomic E-state index is -1.22. The number of halogens is 1. The molecule has 0 amide bonds. The maximum absolute atomic E-state index is 12.7. The van der Waals surface area contributed by atoms with Crippen LogP contribution < -0.4 is 15.6 Å². The Morgan fingerprint density at radius 1 is 1.36 bits per heavy atom. The van der Waals surface area contributed by atoms with Crippen molar-refractivity contribution in [1.82, 2.24) is 9.88 Å². The maximum Gasteiger partial charge on any atom is 0.341 e. The zero-order valence-electron chi connectivity index (χ0n) is 13.8. The summed E-state index contributed by atoms with van der Waals surface area (Å²) in [5.74, 6) is -1.22. The van der Waals surface area contributed by atoms with Crippen LogP contribution in [-0.4, -0.2) is 41.8 Å². The summed E-state index contributed by atoms with van der Waals surface area (Å²) in [5, 5.41) is 13.5. The van der Waals surface area contributed by atoms with Gasteiger partial charge in [0.05, 0.1) is 16.2 Å². The highest BCUT2D eigenvalue weighted by molar-refractivity contribution is 6.35. The van der Waals surface area contributed by atoms with Crippen molar-refractivity contribution in [3.05, 3.63) is 44.7 Å². The van der Waals surface area contributed by atoms with Crippen LogP contribution in [0.3, 0.4) is 0 Å². The smallest absolute Gasteiger partial charge is 0.341 e. The summed E-state index contributed by atoms with van der Waals surface area (Å²) in [7, 11) is 0. The summed E-state index contributed by atoms with van der Waals surface area (Å²) < 4.78 is 1.86. The van der Waals surface area contributed by atoms with E-state index in [1.54, 1.807) is 6.07 Å². The zero-order chi connectivity index (χ0) is 17.7. The van der Waals surface area contributed by atoms with E-state index in [1.165, 1.54) is 6.20 Å². The van der Waals surface area contributed by atoms with Crippen molar-refractivity contribution in [2.24, 2.45) is 0 Å². The number of hydrogen-bond donors (Lipinski definition) is 2. The molecule has 25 heavy (non-hydrogen) atoms. The van der Waals surface area contributed by atoms with Gasteiger partial charge in [-0.1, -0.05) is 23.8 Å². The van der Waals surface area contributed by atoms with E-state index in [1.807, 2.05) is 23.6 Å². The van der Waals surface area contributed by atoms with E-state index < -0.39 is 11.4 Å². The Kier molecular flexibility index (Phi) is 3.81. The lowest BCUT2D eigenvalue weighted by Gasteiger charge is -2.33. The van der Waals surface area contributed by atoms with Crippen LogP contribution in [0.15, 0.2) is 23.1 Å². The number of piperazine rings is 1. The fraction of sp³-hybridized carbons (Fsp3) is 0.333. The molecule has 2 N–H and O–H groups in total. The van der Waals surface area contributed by atoms with Crippen LogP contribution in [0.2, 0.25) is 5.02 Å². The SMILES string of the molecule is CC1C=Cc2c(N3CCNCC3)c(Cl)cc3c(=O)c(C(=O)O)cn1c23. The Hall–Kier alpha value is -2.31. The first kappa shape index (κ1) is 16.2. The van der Waals surface area contributed by atoms with Crippen molar-refractivity contribution in [2.45, 2.75) is 13.0 Å². The third kappa shape index (κ3) is 2.44. The predicted octanol–water partition coefficient (Wildman–Crippen LogP) is 2.35. The van der Waals surface area contributed by atoms with Crippen LogP contribution >= 0.6 is 11.6 Å². The van der Waals surface area contributed by atoms with Gasteiger partial charge in [-0.3, -0.25) is 4.79 Å². The van der Waals surface area contributed by atoms with Gasteiger partial charge in [0.25, 0.3) is 0 Å². The Morgan fingerprint density at radius 2 is 2.08 bits per heavy atom. The second kappa shape index (κ2) is 5.89. The second-order valence-corrected chi connectivity index (χ2v) is 6.85. The summed E-state index contributed by atoms with van der Waals surface area (Å²) in [4.78, 5) is 26.3. The number of allylic oxidation sites excluding steroid dienone is 1. The van der Waals surface area contributed by atoms with Crippen LogP contribution in [0.4, 0.5) is 5.69 Å². The molecule has 3 heterocycles. The molecule has 1 fully saturated rings. The highest BCUT2D eigenvalue weighted by Crippen LogP contribution is 2.39. The van der Waals surface area contributed by atoms with E-state index in [0.717, 1.165) is 42.9 Å². The molecule has 1 unspecified atom stereocenters. The van der Waals surface area contributed by atoms with Gasteiger partial charge in [-0.25, -0.2) is 4.79 Å². The normalized spacial score (nSPS) is 19.4. The topological polar surface area (TPSA) is 74.6 Å². The number of carboxylic acids is 1. The van der Waals surface area contributed by atoms with Gasteiger partial charge < -0.3 is 19.9 Å². The Bertz CT molecular complexity index is 974. The quantitative estimate of drug-likeness (QED) is 0.861. The van der Waals surface area contributed by atoms with Gasteiger partial charge >= 0.3 is 5.97 Å². The van der Waals surface area contributed by atoms with Crippen molar-refractivity contribution in [3.63, 3.8) is 0 Å². The number of anilines is 1. The highest BCUT2D eigenvalue weighted by atomic mass is 35.5. The van der Waals surface area contributed by atoms with Crippen LogP contribution in [0.5, 0.6) is 0 Å². The third-order valence-corrected chi connectivity index (χ3v) is 5.21. The van der Waals surface area contributed by atoms with Gasteiger partial charge in [0, 0.05) is 49.4 Å². The number of benzene rings is 1. The molecule has 2 aliphatic heterocycles. The standard InChI is InChI=1S/C18H18ClN3O3/c1-10-2-3-11-15-12(17(23)13(18(24)25)9-22(10)15)8-14(19)16(11)21-6-4-20-5-7-21/h2-3,8-10,20H,4-7H2,1H3,(H,24,25). The molecular formula is C18H18ClN3O3. The lowest BCUT2D eigenvalue weighted by atomic mass is 9.98. The van der Waals surface area contributed by atoms with Gasteiger partial charge in [0.15, 0.2) is 0 Å². The van der Waals surface area contributed by atoms with Crippen LogP contribution in [0, 0.1) is 0 Å². The van der Waals surface area contributed by atoms with Crippen LogP contribution in [0.1, 0.15) is 28.9 Å². The van der Waals surface area contributed by atoms with Gasteiger partial charge in [-0.05, 0) is 13.0 Å².